The second-order valence-corrected chi connectivity index (χ2v) is 5.70. The second-order valence-electron chi connectivity index (χ2n) is 4.78. The highest BCUT2D eigenvalue weighted by Gasteiger charge is 2.18. The van der Waals surface area contributed by atoms with E-state index in [1.54, 1.807) is 26.0 Å². The molecular weight excluding hydrogens is 310 g/mol. The van der Waals surface area contributed by atoms with Gasteiger partial charge in [-0.05, 0) is 39.8 Å². The fraction of sp³-hybridized carbons (Fsp3) is 0.500. The molecule has 0 radical (unpaired) electrons. The van der Waals surface area contributed by atoms with Gasteiger partial charge in [0.15, 0.2) is 6.10 Å². The van der Waals surface area contributed by atoms with E-state index in [2.05, 4.69) is 21.2 Å². The molecule has 0 spiro atoms. The van der Waals surface area contributed by atoms with Gasteiger partial charge >= 0.3 is 0 Å². The summed E-state index contributed by atoms with van der Waals surface area (Å²) in [5, 5.41) is 12.5. The fourth-order valence-electron chi connectivity index (χ4n) is 1.60. The van der Waals surface area contributed by atoms with Crippen molar-refractivity contribution in [2.45, 2.75) is 45.9 Å². The van der Waals surface area contributed by atoms with Crippen LogP contribution in [-0.4, -0.2) is 23.2 Å². The van der Waals surface area contributed by atoms with Crippen LogP contribution in [0.3, 0.4) is 0 Å². The van der Waals surface area contributed by atoms with Gasteiger partial charge in [-0.25, -0.2) is 0 Å². The van der Waals surface area contributed by atoms with E-state index in [0.29, 0.717) is 11.3 Å². The van der Waals surface area contributed by atoms with Crippen LogP contribution < -0.4 is 10.1 Å². The summed E-state index contributed by atoms with van der Waals surface area (Å²) in [5.74, 6) is 0.335. The predicted octanol–water partition coefficient (Wildman–Crippen LogP) is 2.79. The normalized spacial score (nSPS) is 14.1. The molecule has 1 rings (SSSR count). The average Bonchev–Trinajstić information content (AvgIpc) is 2.27. The van der Waals surface area contributed by atoms with Crippen LogP contribution in [0.4, 0.5) is 0 Å². The Kier molecular flexibility index (Phi) is 5.82. The van der Waals surface area contributed by atoms with E-state index in [-0.39, 0.29) is 11.9 Å². The minimum atomic E-state index is -0.650. The van der Waals surface area contributed by atoms with Gasteiger partial charge in [-0.2, -0.15) is 0 Å². The standard InChI is InChI=1S/C14H20BrNO3/c1-8(2)16-14(18)10(4)19-13-7-11(15)5-6-12(13)9(3)17/h5-10,17H,1-4H3,(H,16,18)/t9-,10?/m1/s1. The molecule has 1 aromatic carbocycles. The van der Waals surface area contributed by atoms with Gasteiger partial charge in [0.25, 0.3) is 5.91 Å². The molecule has 0 aliphatic carbocycles. The van der Waals surface area contributed by atoms with Crippen LogP contribution in [0.1, 0.15) is 39.4 Å². The van der Waals surface area contributed by atoms with Crippen molar-refractivity contribution in [3.63, 3.8) is 0 Å². The molecule has 2 N–H and O–H groups in total. The number of nitrogens with one attached hydrogen (secondary N) is 1. The highest BCUT2D eigenvalue weighted by atomic mass is 79.9. The molecule has 5 heteroatoms. The maximum atomic E-state index is 11.8. The Hall–Kier alpha value is -1.07. The number of hydrogen-bond acceptors (Lipinski definition) is 3. The lowest BCUT2D eigenvalue weighted by atomic mass is 10.1. The molecule has 0 aromatic heterocycles. The van der Waals surface area contributed by atoms with Gasteiger partial charge in [0.1, 0.15) is 5.75 Å². The Morgan fingerprint density at radius 2 is 1.95 bits per heavy atom. The largest absolute Gasteiger partial charge is 0.480 e. The number of carbonyl (C=O) groups excluding carboxylic acids is 1. The smallest absolute Gasteiger partial charge is 0.260 e. The molecule has 4 nitrogen and oxygen atoms in total. The number of hydrogen-bond donors (Lipinski definition) is 2. The van der Waals surface area contributed by atoms with E-state index < -0.39 is 12.2 Å². The molecule has 0 heterocycles. The summed E-state index contributed by atoms with van der Waals surface area (Å²) in [6, 6.07) is 5.42. The Balaban J connectivity index is 2.86. The first-order chi connectivity index (χ1) is 8.81. The molecule has 0 aliphatic rings. The van der Waals surface area contributed by atoms with Crippen LogP contribution in [0.25, 0.3) is 0 Å². The first kappa shape index (κ1) is 16.0. The van der Waals surface area contributed by atoms with Crippen molar-refractivity contribution in [3.8, 4) is 5.75 Å². The van der Waals surface area contributed by atoms with Crippen molar-refractivity contribution in [2.24, 2.45) is 0 Å². The number of ether oxygens (including phenoxy) is 1. The third kappa shape index (κ3) is 4.84. The zero-order valence-corrected chi connectivity index (χ0v) is 13.2. The number of halogens is 1. The first-order valence-corrected chi connectivity index (χ1v) is 7.05. The van der Waals surface area contributed by atoms with Crippen molar-refractivity contribution < 1.29 is 14.6 Å². The van der Waals surface area contributed by atoms with Crippen molar-refractivity contribution in [1.29, 1.82) is 0 Å². The molecule has 1 aromatic rings. The quantitative estimate of drug-likeness (QED) is 0.873. The van der Waals surface area contributed by atoms with E-state index in [1.807, 2.05) is 19.9 Å². The SMILES string of the molecule is CC(C)NC(=O)C(C)Oc1cc(Br)ccc1[C@@H](C)O. The number of carbonyl (C=O) groups is 1. The molecule has 0 aliphatic heterocycles. The average molecular weight is 330 g/mol. The van der Waals surface area contributed by atoms with Crippen molar-refractivity contribution in [1.82, 2.24) is 5.32 Å². The topological polar surface area (TPSA) is 58.6 Å². The van der Waals surface area contributed by atoms with Gasteiger partial charge in [0.05, 0.1) is 6.10 Å². The summed E-state index contributed by atoms with van der Waals surface area (Å²) in [5.41, 5.74) is 0.660. The van der Waals surface area contributed by atoms with Crippen LogP contribution >= 0.6 is 15.9 Å². The number of amides is 1. The van der Waals surface area contributed by atoms with Crippen LogP contribution in [0.5, 0.6) is 5.75 Å². The zero-order chi connectivity index (χ0) is 14.6. The first-order valence-electron chi connectivity index (χ1n) is 6.25. The summed E-state index contributed by atoms with van der Waals surface area (Å²) < 4.78 is 6.48. The van der Waals surface area contributed by atoms with Gasteiger partial charge in [0.2, 0.25) is 0 Å². The number of benzene rings is 1. The lowest BCUT2D eigenvalue weighted by Crippen LogP contribution is -2.40. The van der Waals surface area contributed by atoms with E-state index in [9.17, 15) is 9.90 Å². The molecule has 1 unspecified atom stereocenters. The predicted molar refractivity (Wildman–Crippen MR) is 78.1 cm³/mol. The molecule has 0 fully saturated rings. The molecular formula is C14H20BrNO3. The minimum Gasteiger partial charge on any atom is -0.480 e. The molecule has 0 saturated heterocycles. The Morgan fingerprint density at radius 1 is 1.32 bits per heavy atom. The van der Waals surface area contributed by atoms with Crippen molar-refractivity contribution >= 4 is 21.8 Å². The third-order valence-corrected chi connectivity index (χ3v) is 3.02. The monoisotopic (exact) mass is 329 g/mol. The van der Waals surface area contributed by atoms with Crippen LogP contribution in [0.2, 0.25) is 0 Å². The summed E-state index contributed by atoms with van der Waals surface area (Å²) >= 11 is 3.35. The van der Waals surface area contributed by atoms with E-state index in [4.69, 9.17) is 4.74 Å². The second kappa shape index (κ2) is 6.91. The van der Waals surface area contributed by atoms with Crippen LogP contribution in [-0.2, 0) is 4.79 Å². The molecule has 106 valence electrons. The number of aliphatic hydroxyl groups excluding tert-OH is 1. The van der Waals surface area contributed by atoms with E-state index in [0.717, 1.165) is 4.47 Å². The van der Waals surface area contributed by atoms with Gasteiger partial charge in [-0.1, -0.05) is 22.0 Å². The summed E-state index contributed by atoms with van der Waals surface area (Å²) in [7, 11) is 0. The molecule has 0 bridgehead atoms. The van der Waals surface area contributed by atoms with Gasteiger partial charge in [0, 0.05) is 16.1 Å². The summed E-state index contributed by atoms with van der Waals surface area (Å²) in [4.78, 5) is 11.8. The molecule has 2 atom stereocenters. The third-order valence-electron chi connectivity index (χ3n) is 2.53. The van der Waals surface area contributed by atoms with Gasteiger partial charge in [-0.15, -0.1) is 0 Å². The van der Waals surface area contributed by atoms with Gasteiger partial charge < -0.3 is 15.2 Å². The van der Waals surface area contributed by atoms with Crippen LogP contribution in [0, 0.1) is 0 Å². The zero-order valence-electron chi connectivity index (χ0n) is 11.6. The van der Waals surface area contributed by atoms with Gasteiger partial charge in [-0.3, -0.25) is 4.79 Å². The maximum absolute atomic E-state index is 11.8. The molecule has 0 saturated carbocycles. The Bertz CT molecular complexity index is 446. The highest BCUT2D eigenvalue weighted by Crippen LogP contribution is 2.29. The maximum Gasteiger partial charge on any atom is 0.260 e. The summed E-state index contributed by atoms with van der Waals surface area (Å²) in [6.07, 6.45) is -1.27. The molecule has 1 amide bonds. The van der Waals surface area contributed by atoms with Crippen molar-refractivity contribution in [3.05, 3.63) is 28.2 Å². The fourth-order valence-corrected chi connectivity index (χ4v) is 1.94. The molecule has 19 heavy (non-hydrogen) atoms. The minimum absolute atomic E-state index is 0.0669. The Morgan fingerprint density at radius 3 is 2.47 bits per heavy atom. The highest BCUT2D eigenvalue weighted by molar-refractivity contribution is 9.10. The lowest BCUT2D eigenvalue weighted by Gasteiger charge is -2.19. The number of aliphatic hydroxyl groups is 1. The number of rotatable bonds is 5. The van der Waals surface area contributed by atoms with E-state index in [1.165, 1.54) is 0 Å². The van der Waals surface area contributed by atoms with E-state index >= 15 is 0 Å². The van der Waals surface area contributed by atoms with Crippen LogP contribution in [0.15, 0.2) is 22.7 Å². The Labute approximate surface area is 122 Å². The summed E-state index contributed by atoms with van der Waals surface area (Å²) in [6.45, 7) is 7.13. The van der Waals surface area contributed by atoms with Crippen molar-refractivity contribution in [2.75, 3.05) is 0 Å². The lowest BCUT2D eigenvalue weighted by molar-refractivity contribution is -0.127.